The summed E-state index contributed by atoms with van der Waals surface area (Å²) >= 11 is 0. The van der Waals surface area contributed by atoms with E-state index in [2.05, 4.69) is 353 Å². The summed E-state index contributed by atoms with van der Waals surface area (Å²) in [5.74, 6) is 0. The Bertz CT molecular complexity index is 8890. The Morgan fingerprint density at radius 1 is 0.163 bits per heavy atom. The van der Waals surface area contributed by atoms with Crippen LogP contribution in [0.15, 0.2) is 438 Å². The van der Waals surface area contributed by atoms with Crippen LogP contribution in [-0.4, -0.2) is 4.98 Å². The summed E-state index contributed by atoms with van der Waals surface area (Å²) in [7, 11) is 0. The Morgan fingerprint density at radius 3 is 0.744 bits per heavy atom. The lowest BCUT2D eigenvalue weighted by molar-refractivity contribution is 0.668. The van der Waals surface area contributed by atoms with E-state index >= 15 is 0 Å². The number of pyridine rings is 1. The van der Waals surface area contributed by atoms with Crippen LogP contribution in [0.1, 0.15) is 0 Å². The standard InChI is InChI=1S/C43H25NO.C42H24N2O.C37H21NO/c1-44-31-20-22-43-41(24-31)40-23-30(19-21-42(40)45-43)27-15-17-29(18-16-27)37-26-39-34-13-7-5-11-32(34)36(28-9-3-2-4-10-28)25-38(39)35-14-8-6-12-33(35)37;1-43-30-17-19-42-40(22-30)39-21-28(16-18-41(39)45-42)26-12-14-27(15-13-26)35-23-37-34-11-5-3-9-32(34)36(29-7-6-20-44-25-29)24-38(37)33-10-4-2-8-31(33)35;1-38-27-16-19-37-35(21-27)34-20-26(15-18-36(34)39-37)23-10-12-25(13-11-23)32-22-33-28-7-3-2-6-24(28)14-17-31(33)29-8-4-5-9-30(29)32/h2-26H;2-25H;2-22H. The summed E-state index contributed by atoms with van der Waals surface area (Å²) in [6.07, 6.45) is 3.77. The monoisotopic (exact) mass is 1640 g/mol. The zero-order chi connectivity index (χ0) is 85.7. The average Bonchev–Trinajstić information content (AvgIpc) is 1.70. The molecule has 7 heteroatoms. The molecule has 0 amide bonds. The second-order valence-corrected chi connectivity index (χ2v) is 33.1. The summed E-state index contributed by atoms with van der Waals surface area (Å²) in [6.45, 7) is 22.2. The van der Waals surface area contributed by atoms with E-state index in [1.165, 1.54) is 147 Å². The zero-order valence-electron chi connectivity index (χ0n) is 69.4. The molecule has 0 bridgehead atoms. The first-order valence-electron chi connectivity index (χ1n) is 43.1. The van der Waals surface area contributed by atoms with Gasteiger partial charge in [-0.15, -0.1) is 0 Å². The van der Waals surface area contributed by atoms with Gasteiger partial charge in [0.2, 0.25) is 0 Å². The van der Waals surface area contributed by atoms with Crippen molar-refractivity contribution in [3.63, 3.8) is 0 Å². The van der Waals surface area contributed by atoms with Gasteiger partial charge in [-0.05, 0) is 290 Å². The molecular formula is C122H70N4O3. The third-order valence-corrected chi connectivity index (χ3v) is 25.9. The van der Waals surface area contributed by atoms with E-state index in [9.17, 15) is 0 Å². The van der Waals surface area contributed by atoms with Crippen LogP contribution < -0.4 is 0 Å². The molecule has 4 aromatic heterocycles. The lowest BCUT2D eigenvalue weighted by Crippen LogP contribution is -1.89. The van der Waals surface area contributed by atoms with Gasteiger partial charge in [-0.1, -0.05) is 303 Å². The van der Waals surface area contributed by atoms with Crippen molar-refractivity contribution >= 4 is 180 Å². The van der Waals surface area contributed by atoms with E-state index in [1.54, 1.807) is 18.2 Å². The van der Waals surface area contributed by atoms with Crippen LogP contribution in [0.3, 0.4) is 0 Å². The van der Waals surface area contributed by atoms with Crippen LogP contribution in [0.25, 0.3) is 266 Å². The molecule has 0 aliphatic carbocycles. The molecule has 0 unspecified atom stereocenters. The van der Waals surface area contributed by atoms with Crippen molar-refractivity contribution in [2.75, 3.05) is 0 Å². The molecule has 4 heterocycles. The molecule has 0 radical (unpaired) electrons. The third kappa shape index (κ3) is 13.0. The predicted octanol–water partition coefficient (Wildman–Crippen LogP) is 35.5. The molecule has 596 valence electrons. The van der Waals surface area contributed by atoms with Gasteiger partial charge in [0.1, 0.15) is 33.5 Å². The number of aromatic nitrogens is 1. The largest absolute Gasteiger partial charge is 0.456 e. The number of hydrogen-bond acceptors (Lipinski definition) is 4. The molecule has 0 aliphatic heterocycles. The third-order valence-electron chi connectivity index (χ3n) is 25.9. The Hall–Kier alpha value is -17.8. The average molecular weight is 1640 g/mol. The topological polar surface area (TPSA) is 65.4 Å². The van der Waals surface area contributed by atoms with Crippen molar-refractivity contribution in [2.24, 2.45) is 0 Å². The van der Waals surface area contributed by atoms with Gasteiger partial charge >= 0.3 is 0 Å². The molecule has 0 saturated carbocycles. The van der Waals surface area contributed by atoms with Gasteiger partial charge in [0, 0.05) is 50.3 Å². The predicted molar refractivity (Wildman–Crippen MR) is 539 cm³/mol. The highest BCUT2D eigenvalue weighted by Gasteiger charge is 2.21. The second kappa shape index (κ2) is 30.9. The normalized spacial score (nSPS) is 11.5. The fourth-order valence-corrected chi connectivity index (χ4v) is 19.7. The van der Waals surface area contributed by atoms with Crippen molar-refractivity contribution in [1.29, 1.82) is 0 Å². The number of furan rings is 3. The van der Waals surface area contributed by atoms with Gasteiger partial charge in [0.05, 0.1) is 19.7 Å². The van der Waals surface area contributed by atoms with Crippen molar-refractivity contribution < 1.29 is 13.3 Å². The first kappa shape index (κ1) is 75.0. The SMILES string of the molecule is [C-]#[N+]c1ccc2oc3ccc(-c4ccc(-c5cc6c7ccccc7c(-c7ccccc7)cc6c6ccccc56)cc4)cc3c2c1.[C-]#[N+]c1ccc2oc3ccc(-c4ccc(-c5cc6c7ccccc7c(-c7cccnc7)cc6c6ccccc56)cc4)cc3c2c1.[C-]#[N+]c1ccc2oc3ccc(-c4ccc(-c5cc6c7ccccc7ccc6c6ccccc56)cc4)cc3c2c1. The first-order chi connectivity index (χ1) is 63.8. The minimum atomic E-state index is 0.614. The molecule has 0 N–H and O–H groups in total. The van der Waals surface area contributed by atoms with Gasteiger partial charge in [0.15, 0.2) is 17.1 Å². The molecule has 0 fully saturated rings. The van der Waals surface area contributed by atoms with Crippen molar-refractivity contribution in [1.82, 2.24) is 4.98 Å². The van der Waals surface area contributed by atoms with E-state index in [1.807, 2.05) is 73.1 Å². The fraction of sp³-hybridized carbons (Fsp3) is 0. The van der Waals surface area contributed by atoms with Crippen LogP contribution >= 0.6 is 0 Å². The summed E-state index contributed by atoms with van der Waals surface area (Å²) < 4.78 is 18.1. The molecule has 0 spiro atoms. The first-order valence-corrected chi connectivity index (χ1v) is 43.1. The zero-order valence-corrected chi connectivity index (χ0v) is 69.4. The molecule has 0 atom stereocenters. The fourth-order valence-electron chi connectivity index (χ4n) is 19.7. The van der Waals surface area contributed by atoms with Crippen molar-refractivity contribution in [3.05, 3.63) is 459 Å². The highest BCUT2D eigenvalue weighted by Crippen LogP contribution is 2.48. The number of nitrogens with zero attached hydrogens (tertiary/aromatic N) is 4. The summed E-state index contributed by atoms with van der Waals surface area (Å²) in [4.78, 5) is 15.2. The quantitative estimate of drug-likeness (QED) is 0.112. The van der Waals surface area contributed by atoms with Gasteiger partial charge in [-0.2, -0.15) is 0 Å². The highest BCUT2D eigenvalue weighted by molar-refractivity contribution is 6.27. The van der Waals surface area contributed by atoms with E-state index in [0.29, 0.717) is 17.1 Å². The molecule has 129 heavy (non-hydrogen) atoms. The minimum absolute atomic E-state index is 0.614. The van der Waals surface area contributed by atoms with Crippen LogP contribution in [-0.2, 0) is 0 Å². The van der Waals surface area contributed by atoms with Gasteiger partial charge < -0.3 is 13.3 Å². The van der Waals surface area contributed by atoms with Crippen LogP contribution in [0.4, 0.5) is 17.1 Å². The Kier molecular flexibility index (Phi) is 18.0. The van der Waals surface area contributed by atoms with Gasteiger partial charge in [0.25, 0.3) is 0 Å². The maximum atomic E-state index is 7.42. The summed E-state index contributed by atoms with van der Waals surface area (Å²) in [5.41, 5.74) is 25.6. The number of hydrogen-bond donors (Lipinski definition) is 0. The molecule has 22 aromatic carbocycles. The van der Waals surface area contributed by atoms with E-state index in [4.69, 9.17) is 33.0 Å². The van der Waals surface area contributed by atoms with E-state index in [-0.39, 0.29) is 0 Å². The highest BCUT2D eigenvalue weighted by atomic mass is 16.3. The number of benzene rings is 22. The Morgan fingerprint density at radius 2 is 0.411 bits per heavy atom. The Labute approximate surface area is 741 Å². The number of rotatable bonds is 8. The van der Waals surface area contributed by atoms with Crippen LogP contribution in [0, 0.1) is 19.7 Å². The van der Waals surface area contributed by atoms with Crippen molar-refractivity contribution in [2.45, 2.75) is 0 Å². The van der Waals surface area contributed by atoms with E-state index < -0.39 is 0 Å². The van der Waals surface area contributed by atoms with Crippen LogP contribution in [0.5, 0.6) is 0 Å². The smallest absolute Gasteiger partial charge is 0.188 e. The van der Waals surface area contributed by atoms with Crippen LogP contribution in [0.2, 0.25) is 0 Å². The second-order valence-electron chi connectivity index (χ2n) is 33.1. The molecule has 0 aliphatic rings. The molecule has 26 aromatic rings. The van der Waals surface area contributed by atoms with E-state index in [0.717, 1.165) is 105 Å². The molecule has 7 nitrogen and oxygen atoms in total. The maximum Gasteiger partial charge on any atom is 0.188 e. The molecule has 26 rings (SSSR count). The Balaban J connectivity index is 0.000000108. The molecule has 0 saturated heterocycles. The number of fused-ring (bicyclic) bond motifs is 24. The maximum absolute atomic E-state index is 7.42. The molecular weight excluding hydrogens is 1570 g/mol. The lowest BCUT2D eigenvalue weighted by Gasteiger charge is -2.16. The van der Waals surface area contributed by atoms with Crippen molar-refractivity contribution in [3.8, 4) is 89.0 Å². The lowest BCUT2D eigenvalue weighted by atomic mass is 9.87. The summed E-state index contributed by atoms with van der Waals surface area (Å²) in [5, 5.41) is 28.6. The van der Waals surface area contributed by atoms with Gasteiger partial charge in [-0.3, -0.25) is 4.98 Å². The summed E-state index contributed by atoms with van der Waals surface area (Å²) in [6, 6.07) is 146. The minimum Gasteiger partial charge on any atom is -0.456 e. The van der Waals surface area contributed by atoms with Gasteiger partial charge in [-0.25, -0.2) is 14.5 Å².